The summed E-state index contributed by atoms with van der Waals surface area (Å²) < 4.78 is 0. The minimum atomic E-state index is -0.422. The number of hydrogen-bond acceptors (Lipinski definition) is 3. The van der Waals surface area contributed by atoms with Crippen LogP contribution in [0.15, 0.2) is 22.2 Å². The van der Waals surface area contributed by atoms with E-state index in [-0.39, 0.29) is 11.6 Å². The number of aromatic amines is 2. The maximum atomic E-state index is 11.8. The molecule has 92 valence electrons. The molecule has 1 unspecified atom stereocenters. The van der Waals surface area contributed by atoms with Crippen molar-refractivity contribution < 1.29 is 0 Å². The van der Waals surface area contributed by atoms with Gasteiger partial charge >= 0.3 is 5.69 Å². The average Bonchev–Trinajstić information content (AvgIpc) is 2.64. The van der Waals surface area contributed by atoms with Crippen LogP contribution in [-0.2, 0) is 6.54 Å². The zero-order valence-corrected chi connectivity index (χ0v) is 9.95. The number of H-pyrrole nitrogens is 2. The van der Waals surface area contributed by atoms with Crippen molar-refractivity contribution in [1.82, 2.24) is 14.9 Å². The van der Waals surface area contributed by atoms with Crippen LogP contribution in [0.3, 0.4) is 0 Å². The molecule has 0 aromatic carbocycles. The van der Waals surface area contributed by atoms with E-state index in [0.717, 1.165) is 25.1 Å². The molecule has 5 nitrogen and oxygen atoms in total. The molecule has 2 rings (SSSR count). The molecule has 0 aliphatic carbocycles. The van der Waals surface area contributed by atoms with Crippen molar-refractivity contribution in [3.63, 3.8) is 0 Å². The van der Waals surface area contributed by atoms with Crippen LogP contribution in [0, 0.1) is 0 Å². The van der Waals surface area contributed by atoms with Gasteiger partial charge in [-0.2, -0.15) is 0 Å². The number of hydrogen-bond donors (Lipinski definition) is 2. The van der Waals surface area contributed by atoms with E-state index in [4.69, 9.17) is 0 Å². The molecule has 0 amide bonds. The van der Waals surface area contributed by atoms with E-state index in [1.165, 1.54) is 0 Å². The molecule has 1 atom stereocenters. The molecule has 0 radical (unpaired) electrons. The molecule has 0 spiro atoms. The van der Waals surface area contributed by atoms with Gasteiger partial charge < -0.3 is 4.98 Å². The summed E-state index contributed by atoms with van der Waals surface area (Å²) in [5, 5.41) is 0. The van der Waals surface area contributed by atoms with Crippen LogP contribution in [0.2, 0.25) is 0 Å². The van der Waals surface area contributed by atoms with Crippen molar-refractivity contribution in [2.75, 3.05) is 6.54 Å². The molecular weight excluding hydrogens is 218 g/mol. The summed E-state index contributed by atoms with van der Waals surface area (Å²) in [5.41, 5.74) is 0.797. The highest BCUT2D eigenvalue weighted by Gasteiger charge is 2.31. The smallest absolute Gasteiger partial charge is 0.310 e. The molecule has 2 N–H and O–H groups in total. The number of fused-ring (bicyclic) bond motifs is 1. The van der Waals surface area contributed by atoms with E-state index in [1.54, 1.807) is 0 Å². The fraction of sp³-hybridized carbons (Fsp3) is 0.500. The topological polar surface area (TPSA) is 69.0 Å². The molecule has 0 saturated heterocycles. The number of nitrogens with zero attached hydrogens (tertiary/aromatic N) is 1. The van der Waals surface area contributed by atoms with E-state index >= 15 is 0 Å². The Bertz CT molecular complexity index is 529. The van der Waals surface area contributed by atoms with Gasteiger partial charge in [-0.05, 0) is 19.4 Å². The lowest BCUT2D eigenvalue weighted by Gasteiger charge is -2.21. The first-order chi connectivity index (χ1) is 8.17. The van der Waals surface area contributed by atoms with Crippen LogP contribution in [0.1, 0.15) is 37.1 Å². The summed E-state index contributed by atoms with van der Waals surface area (Å²) in [6, 6.07) is 0.0913. The van der Waals surface area contributed by atoms with Gasteiger partial charge in [0.25, 0.3) is 5.56 Å². The van der Waals surface area contributed by atoms with Gasteiger partial charge in [-0.1, -0.05) is 13.0 Å². The fourth-order valence-corrected chi connectivity index (χ4v) is 2.45. The van der Waals surface area contributed by atoms with Crippen LogP contribution in [0.25, 0.3) is 0 Å². The van der Waals surface area contributed by atoms with Crippen molar-refractivity contribution >= 4 is 0 Å². The average molecular weight is 235 g/mol. The zero-order valence-electron chi connectivity index (χ0n) is 9.95. The molecule has 0 fully saturated rings. The molecular formula is C12H17N3O2. The molecule has 0 bridgehead atoms. The van der Waals surface area contributed by atoms with Crippen molar-refractivity contribution in [1.29, 1.82) is 0 Å². The first-order valence-corrected chi connectivity index (χ1v) is 5.87. The summed E-state index contributed by atoms with van der Waals surface area (Å²) in [6.07, 6.45) is 3.57. The van der Waals surface area contributed by atoms with Crippen molar-refractivity contribution in [2.24, 2.45) is 0 Å². The standard InChI is InChI=1S/C12H17N3O2/c1-3-5-6-9-10-8(7-15(9)4-2)13-12(17)14-11(10)16/h3,9H,1,4-7H2,2H3,(H2,13,14,16,17). The normalized spacial score (nSPS) is 19.2. The number of rotatable bonds is 4. The predicted molar refractivity (Wildman–Crippen MR) is 65.9 cm³/mol. The van der Waals surface area contributed by atoms with Crippen LogP contribution in [-0.4, -0.2) is 21.4 Å². The minimum Gasteiger partial charge on any atom is -0.310 e. The second-order valence-electron chi connectivity index (χ2n) is 4.25. The van der Waals surface area contributed by atoms with Crippen LogP contribution in [0.4, 0.5) is 0 Å². The van der Waals surface area contributed by atoms with E-state index in [0.29, 0.717) is 12.1 Å². The maximum Gasteiger partial charge on any atom is 0.325 e. The van der Waals surface area contributed by atoms with Crippen molar-refractivity contribution in [3.8, 4) is 0 Å². The van der Waals surface area contributed by atoms with Gasteiger partial charge in [0.1, 0.15) is 0 Å². The Morgan fingerprint density at radius 1 is 1.47 bits per heavy atom. The molecule has 1 aliphatic rings. The molecule has 17 heavy (non-hydrogen) atoms. The molecule has 1 aromatic heterocycles. The van der Waals surface area contributed by atoms with Crippen LogP contribution < -0.4 is 11.2 Å². The summed E-state index contributed by atoms with van der Waals surface area (Å²) in [4.78, 5) is 30.3. The molecule has 1 aliphatic heterocycles. The monoisotopic (exact) mass is 235 g/mol. The van der Waals surface area contributed by atoms with Gasteiger partial charge in [0.05, 0.1) is 5.56 Å². The highest BCUT2D eigenvalue weighted by atomic mass is 16.2. The van der Waals surface area contributed by atoms with Crippen molar-refractivity contribution in [2.45, 2.75) is 32.4 Å². The van der Waals surface area contributed by atoms with Gasteiger partial charge in [-0.3, -0.25) is 14.7 Å². The van der Waals surface area contributed by atoms with Gasteiger partial charge in [0.2, 0.25) is 0 Å². The van der Waals surface area contributed by atoms with Crippen LogP contribution in [0.5, 0.6) is 0 Å². The quantitative estimate of drug-likeness (QED) is 0.762. The second-order valence-corrected chi connectivity index (χ2v) is 4.25. The van der Waals surface area contributed by atoms with E-state index in [1.807, 2.05) is 6.08 Å². The maximum absolute atomic E-state index is 11.8. The summed E-state index contributed by atoms with van der Waals surface area (Å²) in [7, 11) is 0. The van der Waals surface area contributed by atoms with Gasteiger partial charge in [0.15, 0.2) is 0 Å². The third-order valence-corrected chi connectivity index (χ3v) is 3.25. The Kier molecular flexibility index (Phi) is 3.28. The Morgan fingerprint density at radius 3 is 2.88 bits per heavy atom. The van der Waals surface area contributed by atoms with Crippen LogP contribution >= 0.6 is 0 Å². The van der Waals surface area contributed by atoms with E-state index in [9.17, 15) is 9.59 Å². The first-order valence-electron chi connectivity index (χ1n) is 5.87. The Labute approximate surface area is 99.2 Å². The zero-order chi connectivity index (χ0) is 12.4. The number of allylic oxidation sites excluding steroid dienone is 1. The molecule has 2 heterocycles. The number of aromatic nitrogens is 2. The SMILES string of the molecule is C=CCCC1c2c([nH]c(=O)[nH]c2=O)CN1CC. The van der Waals surface area contributed by atoms with Gasteiger partial charge in [-0.15, -0.1) is 6.58 Å². The van der Waals surface area contributed by atoms with E-state index < -0.39 is 5.69 Å². The fourth-order valence-electron chi connectivity index (χ4n) is 2.45. The summed E-state index contributed by atoms with van der Waals surface area (Å²) in [5.74, 6) is 0. The third kappa shape index (κ3) is 2.10. The Balaban J connectivity index is 2.43. The predicted octanol–water partition coefficient (Wildman–Crippen LogP) is 0.906. The highest BCUT2D eigenvalue weighted by Crippen LogP contribution is 2.32. The van der Waals surface area contributed by atoms with Crippen molar-refractivity contribution in [3.05, 3.63) is 44.8 Å². The van der Waals surface area contributed by atoms with Gasteiger partial charge in [0, 0.05) is 18.3 Å². The Hall–Kier alpha value is -1.62. The highest BCUT2D eigenvalue weighted by molar-refractivity contribution is 5.25. The van der Waals surface area contributed by atoms with Gasteiger partial charge in [-0.25, -0.2) is 4.79 Å². The third-order valence-electron chi connectivity index (χ3n) is 3.25. The largest absolute Gasteiger partial charge is 0.325 e. The summed E-state index contributed by atoms with van der Waals surface area (Å²) >= 11 is 0. The second kappa shape index (κ2) is 4.71. The first kappa shape index (κ1) is 11.9. The molecule has 5 heteroatoms. The lowest BCUT2D eigenvalue weighted by Crippen LogP contribution is -2.28. The Morgan fingerprint density at radius 2 is 2.24 bits per heavy atom. The van der Waals surface area contributed by atoms with E-state index in [2.05, 4.69) is 28.4 Å². The molecule has 1 aromatic rings. The lowest BCUT2D eigenvalue weighted by molar-refractivity contribution is 0.216. The summed E-state index contributed by atoms with van der Waals surface area (Å²) in [6.45, 7) is 7.26. The lowest BCUT2D eigenvalue weighted by atomic mass is 10.0. The minimum absolute atomic E-state index is 0.0913. The molecule has 0 saturated carbocycles. The number of nitrogens with one attached hydrogen (secondary N) is 2.